The van der Waals surface area contributed by atoms with E-state index in [4.69, 9.17) is 0 Å². The van der Waals surface area contributed by atoms with Gasteiger partial charge in [0, 0.05) is 12.1 Å². The van der Waals surface area contributed by atoms with Crippen LogP contribution in [0.25, 0.3) is 11.1 Å². The molecule has 0 radical (unpaired) electrons. The number of nitro benzene ring substituents is 1. The molecule has 0 bridgehead atoms. The molecule has 3 nitrogen and oxygen atoms in total. The van der Waals surface area contributed by atoms with E-state index in [0.29, 0.717) is 0 Å². The van der Waals surface area contributed by atoms with Crippen LogP contribution in [0, 0.1) is 10.1 Å². The van der Waals surface area contributed by atoms with Crippen molar-refractivity contribution in [2.75, 3.05) is 0 Å². The number of rotatable bonds is 2. The number of hydrogen-bond donors (Lipinski definition) is 0. The standard InChI is InChI=1S/C16H17NO2/c1-16(2,3)14-9-7-12(8-10-14)13-5-4-6-15(11-13)17(18)19/h4-11H,1-3H3. The summed E-state index contributed by atoms with van der Waals surface area (Å²) in [7, 11) is 0. The molecular formula is C16H17NO2. The smallest absolute Gasteiger partial charge is 0.258 e. The second-order valence-electron chi connectivity index (χ2n) is 5.63. The van der Waals surface area contributed by atoms with Crippen molar-refractivity contribution in [1.29, 1.82) is 0 Å². The van der Waals surface area contributed by atoms with Gasteiger partial charge >= 0.3 is 0 Å². The van der Waals surface area contributed by atoms with Gasteiger partial charge in [-0.05, 0) is 22.1 Å². The van der Waals surface area contributed by atoms with Crippen LogP contribution >= 0.6 is 0 Å². The first kappa shape index (κ1) is 13.3. The molecule has 0 unspecified atom stereocenters. The van der Waals surface area contributed by atoms with Gasteiger partial charge in [-0.15, -0.1) is 0 Å². The Kier molecular flexibility index (Phi) is 3.38. The molecule has 0 amide bonds. The molecule has 0 aliphatic rings. The molecule has 0 saturated heterocycles. The van der Waals surface area contributed by atoms with E-state index in [1.54, 1.807) is 12.1 Å². The summed E-state index contributed by atoms with van der Waals surface area (Å²) >= 11 is 0. The average Bonchev–Trinajstić information content (AvgIpc) is 2.38. The van der Waals surface area contributed by atoms with E-state index in [1.807, 2.05) is 18.2 Å². The highest BCUT2D eigenvalue weighted by atomic mass is 16.6. The number of non-ortho nitro benzene ring substituents is 1. The van der Waals surface area contributed by atoms with Crippen molar-refractivity contribution >= 4 is 5.69 Å². The molecule has 98 valence electrons. The Morgan fingerprint density at radius 2 is 1.58 bits per heavy atom. The minimum atomic E-state index is -0.368. The summed E-state index contributed by atoms with van der Waals surface area (Å²) in [5.41, 5.74) is 3.35. The molecule has 0 aliphatic heterocycles. The minimum Gasteiger partial charge on any atom is -0.258 e. The molecule has 0 heterocycles. The van der Waals surface area contributed by atoms with Gasteiger partial charge in [-0.3, -0.25) is 10.1 Å². The highest BCUT2D eigenvalue weighted by molar-refractivity contribution is 5.66. The van der Waals surface area contributed by atoms with Gasteiger partial charge in [0.2, 0.25) is 0 Å². The topological polar surface area (TPSA) is 43.1 Å². The van der Waals surface area contributed by atoms with Crippen molar-refractivity contribution in [2.24, 2.45) is 0 Å². The van der Waals surface area contributed by atoms with Crippen LogP contribution in [0.2, 0.25) is 0 Å². The number of nitrogens with zero attached hydrogens (tertiary/aromatic N) is 1. The molecule has 0 aliphatic carbocycles. The van der Waals surface area contributed by atoms with E-state index in [9.17, 15) is 10.1 Å². The normalized spacial score (nSPS) is 11.3. The van der Waals surface area contributed by atoms with Gasteiger partial charge in [0.05, 0.1) is 4.92 Å². The molecule has 0 saturated carbocycles. The number of nitro groups is 1. The van der Waals surface area contributed by atoms with Crippen molar-refractivity contribution in [3.63, 3.8) is 0 Å². The summed E-state index contributed by atoms with van der Waals surface area (Å²) in [6, 6.07) is 14.9. The van der Waals surface area contributed by atoms with Crippen LogP contribution in [0.4, 0.5) is 5.69 Å². The molecule has 3 heteroatoms. The first-order chi connectivity index (χ1) is 8.88. The molecule has 0 spiro atoms. The van der Waals surface area contributed by atoms with Gasteiger partial charge < -0.3 is 0 Å². The fourth-order valence-electron chi connectivity index (χ4n) is 1.96. The fraction of sp³-hybridized carbons (Fsp3) is 0.250. The molecule has 19 heavy (non-hydrogen) atoms. The molecule has 2 aromatic rings. The Labute approximate surface area is 113 Å². The molecule has 2 rings (SSSR count). The SMILES string of the molecule is CC(C)(C)c1ccc(-c2cccc([N+](=O)[O-])c2)cc1. The second kappa shape index (κ2) is 4.84. The number of benzene rings is 2. The molecular weight excluding hydrogens is 238 g/mol. The van der Waals surface area contributed by atoms with E-state index in [2.05, 4.69) is 32.9 Å². The largest absolute Gasteiger partial charge is 0.270 e. The van der Waals surface area contributed by atoms with E-state index < -0.39 is 0 Å². The van der Waals surface area contributed by atoms with Crippen molar-refractivity contribution in [3.05, 3.63) is 64.2 Å². The molecule has 0 N–H and O–H groups in total. The molecule has 0 fully saturated rings. The van der Waals surface area contributed by atoms with Gasteiger partial charge in [-0.2, -0.15) is 0 Å². The predicted octanol–water partition coefficient (Wildman–Crippen LogP) is 4.56. The molecule has 0 aromatic heterocycles. The summed E-state index contributed by atoms with van der Waals surface area (Å²) in [4.78, 5) is 10.4. The maximum atomic E-state index is 10.8. The average molecular weight is 255 g/mol. The van der Waals surface area contributed by atoms with Gasteiger partial charge in [-0.1, -0.05) is 57.2 Å². The van der Waals surface area contributed by atoms with E-state index >= 15 is 0 Å². The first-order valence-electron chi connectivity index (χ1n) is 6.23. The van der Waals surface area contributed by atoms with Crippen LogP contribution in [-0.2, 0) is 5.41 Å². The van der Waals surface area contributed by atoms with E-state index in [-0.39, 0.29) is 16.0 Å². The summed E-state index contributed by atoms with van der Waals surface area (Å²) in [6.07, 6.45) is 0. The Morgan fingerprint density at radius 3 is 2.11 bits per heavy atom. The van der Waals surface area contributed by atoms with Crippen LogP contribution in [0.3, 0.4) is 0 Å². The van der Waals surface area contributed by atoms with E-state index in [0.717, 1.165) is 11.1 Å². The third-order valence-corrected chi connectivity index (χ3v) is 3.14. The van der Waals surface area contributed by atoms with Crippen molar-refractivity contribution in [2.45, 2.75) is 26.2 Å². The first-order valence-corrected chi connectivity index (χ1v) is 6.23. The highest BCUT2D eigenvalue weighted by Crippen LogP contribution is 2.27. The van der Waals surface area contributed by atoms with Gasteiger partial charge in [0.1, 0.15) is 0 Å². The van der Waals surface area contributed by atoms with Crippen LogP contribution in [-0.4, -0.2) is 4.92 Å². The molecule has 2 aromatic carbocycles. The second-order valence-corrected chi connectivity index (χ2v) is 5.63. The Bertz CT molecular complexity index is 595. The quantitative estimate of drug-likeness (QED) is 0.583. The maximum absolute atomic E-state index is 10.8. The van der Waals surface area contributed by atoms with Gasteiger partial charge in [0.15, 0.2) is 0 Å². The summed E-state index contributed by atoms with van der Waals surface area (Å²) in [5, 5.41) is 10.8. The Hall–Kier alpha value is -2.16. The fourth-order valence-corrected chi connectivity index (χ4v) is 1.96. The summed E-state index contributed by atoms with van der Waals surface area (Å²) < 4.78 is 0. The van der Waals surface area contributed by atoms with Crippen LogP contribution in [0.15, 0.2) is 48.5 Å². The third-order valence-electron chi connectivity index (χ3n) is 3.14. The molecule has 0 atom stereocenters. The predicted molar refractivity (Wildman–Crippen MR) is 77.2 cm³/mol. The summed E-state index contributed by atoms with van der Waals surface area (Å²) in [6.45, 7) is 6.49. The summed E-state index contributed by atoms with van der Waals surface area (Å²) in [5.74, 6) is 0. The lowest BCUT2D eigenvalue weighted by molar-refractivity contribution is -0.384. The lowest BCUT2D eigenvalue weighted by Crippen LogP contribution is -2.10. The van der Waals surface area contributed by atoms with Crippen molar-refractivity contribution < 1.29 is 4.92 Å². The third kappa shape index (κ3) is 2.99. The Balaban J connectivity index is 2.37. The lowest BCUT2D eigenvalue weighted by atomic mass is 9.86. The van der Waals surface area contributed by atoms with Crippen molar-refractivity contribution in [3.8, 4) is 11.1 Å². The monoisotopic (exact) mass is 255 g/mol. The zero-order valence-corrected chi connectivity index (χ0v) is 11.4. The van der Waals surface area contributed by atoms with E-state index in [1.165, 1.54) is 11.6 Å². The van der Waals surface area contributed by atoms with Crippen LogP contribution in [0.5, 0.6) is 0 Å². The lowest BCUT2D eigenvalue weighted by Gasteiger charge is -2.19. The Morgan fingerprint density at radius 1 is 0.947 bits per heavy atom. The zero-order valence-electron chi connectivity index (χ0n) is 11.4. The maximum Gasteiger partial charge on any atom is 0.270 e. The van der Waals surface area contributed by atoms with Crippen LogP contribution < -0.4 is 0 Å². The van der Waals surface area contributed by atoms with Crippen molar-refractivity contribution in [1.82, 2.24) is 0 Å². The number of hydrogen-bond acceptors (Lipinski definition) is 2. The van der Waals surface area contributed by atoms with Crippen LogP contribution in [0.1, 0.15) is 26.3 Å². The highest BCUT2D eigenvalue weighted by Gasteiger charge is 2.13. The van der Waals surface area contributed by atoms with Gasteiger partial charge in [-0.25, -0.2) is 0 Å². The minimum absolute atomic E-state index is 0.112. The zero-order chi connectivity index (χ0) is 14.0. The van der Waals surface area contributed by atoms with Gasteiger partial charge in [0.25, 0.3) is 5.69 Å².